The number of carbonyl (C=O) groups excluding carboxylic acids is 2. The zero-order valence-electron chi connectivity index (χ0n) is 12.8. The lowest BCUT2D eigenvalue weighted by atomic mass is 9.87. The second kappa shape index (κ2) is 7.25. The van der Waals surface area contributed by atoms with Crippen LogP contribution >= 0.6 is 0 Å². The van der Waals surface area contributed by atoms with Crippen LogP contribution in [0.2, 0.25) is 0 Å². The average molecular weight is 288 g/mol. The quantitative estimate of drug-likeness (QED) is 0.895. The van der Waals surface area contributed by atoms with Gasteiger partial charge in [-0.3, -0.25) is 9.59 Å². The van der Waals surface area contributed by atoms with Gasteiger partial charge in [-0.05, 0) is 49.3 Å². The Morgan fingerprint density at radius 1 is 1.10 bits per heavy atom. The summed E-state index contributed by atoms with van der Waals surface area (Å²) in [6.45, 7) is 4.26. The van der Waals surface area contributed by atoms with Crippen LogP contribution in [0, 0.1) is 5.92 Å². The van der Waals surface area contributed by atoms with E-state index in [0.29, 0.717) is 18.2 Å². The molecule has 1 saturated carbocycles. The molecule has 21 heavy (non-hydrogen) atoms. The first-order chi connectivity index (χ1) is 10.0. The number of benzene rings is 1. The fourth-order valence-electron chi connectivity index (χ4n) is 2.67. The second-order valence-electron chi connectivity index (χ2n) is 6.04. The number of hydrogen-bond acceptors (Lipinski definition) is 2. The Bertz CT molecular complexity index is 488. The van der Waals surface area contributed by atoms with Crippen molar-refractivity contribution in [2.24, 2.45) is 5.92 Å². The Hall–Kier alpha value is -1.84. The van der Waals surface area contributed by atoms with Crippen molar-refractivity contribution in [3.8, 4) is 0 Å². The third-order valence-electron chi connectivity index (χ3n) is 4.11. The number of carbonyl (C=O) groups is 2. The first-order valence-corrected chi connectivity index (χ1v) is 7.69. The van der Waals surface area contributed by atoms with Gasteiger partial charge < -0.3 is 10.6 Å². The van der Waals surface area contributed by atoms with Crippen LogP contribution in [0.4, 0.5) is 0 Å². The lowest BCUT2D eigenvalue weighted by Gasteiger charge is -2.26. The first kappa shape index (κ1) is 15.5. The molecule has 0 unspecified atom stereocenters. The Morgan fingerprint density at radius 3 is 2.29 bits per heavy atom. The number of nitrogens with one attached hydrogen (secondary N) is 2. The highest BCUT2D eigenvalue weighted by Crippen LogP contribution is 2.23. The van der Waals surface area contributed by atoms with Gasteiger partial charge in [-0.1, -0.05) is 19.1 Å². The van der Waals surface area contributed by atoms with Crippen molar-refractivity contribution in [1.29, 1.82) is 0 Å². The van der Waals surface area contributed by atoms with Crippen LogP contribution < -0.4 is 10.6 Å². The Balaban J connectivity index is 1.86. The minimum absolute atomic E-state index is 0.000583. The monoisotopic (exact) mass is 288 g/mol. The van der Waals surface area contributed by atoms with Crippen LogP contribution in [0.25, 0.3) is 0 Å². The van der Waals surface area contributed by atoms with Crippen molar-refractivity contribution in [1.82, 2.24) is 10.6 Å². The van der Waals surface area contributed by atoms with Crippen molar-refractivity contribution >= 4 is 11.8 Å². The summed E-state index contributed by atoms with van der Waals surface area (Å²) in [6, 6.07) is 7.71. The number of rotatable bonds is 4. The zero-order chi connectivity index (χ0) is 15.2. The van der Waals surface area contributed by atoms with Crippen molar-refractivity contribution in [3.63, 3.8) is 0 Å². The van der Waals surface area contributed by atoms with E-state index in [4.69, 9.17) is 0 Å². The standard InChI is InChI=1S/C17H24N2O2/c1-12-3-9-16(10-4-12)19-17(21)15-7-5-14(6-8-15)11-18-13(2)20/h5-8,12,16H,3-4,9-11H2,1-2H3,(H,18,20)(H,19,21). The summed E-state index contributed by atoms with van der Waals surface area (Å²) in [4.78, 5) is 23.1. The van der Waals surface area contributed by atoms with Gasteiger partial charge in [0.05, 0.1) is 0 Å². The van der Waals surface area contributed by atoms with Crippen molar-refractivity contribution in [2.75, 3.05) is 0 Å². The molecule has 2 amide bonds. The van der Waals surface area contributed by atoms with E-state index >= 15 is 0 Å². The molecule has 0 aliphatic heterocycles. The molecule has 0 aromatic heterocycles. The van der Waals surface area contributed by atoms with Gasteiger partial charge in [0.2, 0.25) is 5.91 Å². The van der Waals surface area contributed by atoms with E-state index < -0.39 is 0 Å². The Labute approximate surface area is 126 Å². The van der Waals surface area contributed by atoms with Crippen LogP contribution in [0.5, 0.6) is 0 Å². The minimum atomic E-state index is -0.0525. The van der Waals surface area contributed by atoms with E-state index in [9.17, 15) is 9.59 Å². The molecule has 0 bridgehead atoms. The highest BCUT2D eigenvalue weighted by atomic mass is 16.2. The van der Waals surface area contributed by atoms with Crippen LogP contribution in [-0.2, 0) is 11.3 Å². The number of amides is 2. The zero-order valence-corrected chi connectivity index (χ0v) is 12.8. The third kappa shape index (κ3) is 4.88. The van der Waals surface area contributed by atoms with Crippen LogP contribution in [0.15, 0.2) is 24.3 Å². The summed E-state index contributed by atoms with van der Waals surface area (Å²) in [5, 5.41) is 5.86. The summed E-state index contributed by atoms with van der Waals surface area (Å²) < 4.78 is 0. The van der Waals surface area contributed by atoms with Gasteiger partial charge in [0.1, 0.15) is 0 Å². The fourth-order valence-corrected chi connectivity index (χ4v) is 2.67. The van der Waals surface area contributed by atoms with Crippen LogP contribution in [0.3, 0.4) is 0 Å². The molecule has 114 valence electrons. The summed E-state index contributed by atoms with van der Waals surface area (Å²) in [5.41, 5.74) is 1.67. The normalized spacial score (nSPS) is 21.6. The molecule has 2 N–H and O–H groups in total. The van der Waals surface area contributed by atoms with E-state index in [1.54, 1.807) is 0 Å². The molecule has 1 aliphatic rings. The van der Waals surface area contributed by atoms with Gasteiger partial charge in [-0.15, -0.1) is 0 Å². The summed E-state index contributed by atoms with van der Waals surface area (Å²) >= 11 is 0. The topological polar surface area (TPSA) is 58.2 Å². The van der Waals surface area contributed by atoms with E-state index in [0.717, 1.165) is 24.3 Å². The smallest absolute Gasteiger partial charge is 0.251 e. The molecule has 0 atom stereocenters. The lowest BCUT2D eigenvalue weighted by molar-refractivity contribution is -0.119. The second-order valence-corrected chi connectivity index (χ2v) is 6.04. The molecular weight excluding hydrogens is 264 g/mol. The molecule has 1 fully saturated rings. The lowest BCUT2D eigenvalue weighted by Crippen LogP contribution is -2.37. The maximum atomic E-state index is 12.2. The van der Waals surface area contributed by atoms with Gasteiger partial charge in [0.25, 0.3) is 5.91 Å². The molecular formula is C17H24N2O2. The maximum Gasteiger partial charge on any atom is 0.251 e. The molecule has 0 saturated heterocycles. The van der Waals surface area contributed by atoms with Gasteiger partial charge in [-0.25, -0.2) is 0 Å². The highest BCUT2D eigenvalue weighted by molar-refractivity contribution is 5.94. The molecule has 2 rings (SSSR count). The van der Waals surface area contributed by atoms with Crippen LogP contribution in [0.1, 0.15) is 55.5 Å². The van der Waals surface area contributed by atoms with Crippen LogP contribution in [-0.4, -0.2) is 17.9 Å². The van der Waals surface area contributed by atoms with Crippen molar-refractivity contribution in [3.05, 3.63) is 35.4 Å². The number of hydrogen-bond donors (Lipinski definition) is 2. The summed E-state index contributed by atoms with van der Waals surface area (Å²) in [6.07, 6.45) is 4.54. The third-order valence-corrected chi connectivity index (χ3v) is 4.11. The van der Waals surface area contributed by atoms with Gasteiger partial charge in [0, 0.05) is 25.1 Å². The molecule has 1 aliphatic carbocycles. The fraction of sp³-hybridized carbons (Fsp3) is 0.529. The predicted molar refractivity (Wildman–Crippen MR) is 82.8 cm³/mol. The van der Waals surface area contributed by atoms with Gasteiger partial charge in [0.15, 0.2) is 0 Å². The van der Waals surface area contributed by atoms with Gasteiger partial charge in [-0.2, -0.15) is 0 Å². The molecule has 0 radical (unpaired) electrons. The maximum absolute atomic E-state index is 12.2. The summed E-state index contributed by atoms with van der Waals surface area (Å²) in [5.74, 6) is 0.732. The van der Waals surface area contributed by atoms with E-state index in [1.807, 2.05) is 24.3 Å². The Morgan fingerprint density at radius 2 is 1.71 bits per heavy atom. The Kier molecular flexibility index (Phi) is 5.37. The average Bonchev–Trinajstić information content (AvgIpc) is 2.48. The minimum Gasteiger partial charge on any atom is -0.352 e. The van der Waals surface area contributed by atoms with Crippen molar-refractivity contribution < 1.29 is 9.59 Å². The molecule has 1 aromatic rings. The SMILES string of the molecule is CC(=O)NCc1ccc(C(=O)NC2CCC(C)CC2)cc1. The van der Waals surface area contributed by atoms with Crippen molar-refractivity contribution in [2.45, 2.75) is 52.1 Å². The van der Waals surface area contributed by atoms with E-state index in [-0.39, 0.29) is 11.8 Å². The first-order valence-electron chi connectivity index (χ1n) is 7.69. The largest absolute Gasteiger partial charge is 0.352 e. The molecule has 0 heterocycles. The molecule has 4 heteroatoms. The molecule has 4 nitrogen and oxygen atoms in total. The highest BCUT2D eigenvalue weighted by Gasteiger charge is 2.20. The molecule has 0 spiro atoms. The predicted octanol–water partition coefficient (Wildman–Crippen LogP) is 2.63. The van der Waals surface area contributed by atoms with Gasteiger partial charge >= 0.3 is 0 Å². The summed E-state index contributed by atoms with van der Waals surface area (Å²) in [7, 11) is 0. The molecule has 1 aromatic carbocycles. The van der Waals surface area contributed by atoms with E-state index in [2.05, 4.69) is 17.6 Å². The van der Waals surface area contributed by atoms with E-state index in [1.165, 1.54) is 19.8 Å².